The van der Waals surface area contributed by atoms with Crippen LogP contribution in [-0.4, -0.2) is 17.5 Å². The second-order valence-electron chi connectivity index (χ2n) is 6.05. The Kier molecular flexibility index (Phi) is 6.15. The Balaban J connectivity index is 1.97. The minimum Gasteiger partial charge on any atom is -0.493 e. The van der Waals surface area contributed by atoms with Crippen molar-refractivity contribution in [3.8, 4) is 5.75 Å². The van der Waals surface area contributed by atoms with E-state index in [4.69, 9.17) is 4.74 Å². The van der Waals surface area contributed by atoms with Crippen molar-refractivity contribution in [2.75, 3.05) is 11.5 Å². The topological polar surface area (TPSA) is 42.4 Å². The summed E-state index contributed by atoms with van der Waals surface area (Å²) in [6.45, 7) is 2.74. The fraction of sp³-hybridized carbons (Fsp3) is 0.182. The lowest BCUT2D eigenvalue weighted by molar-refractivity contribution is 0.0980. The quantitative estimate of drug-likeness (QED) is 0.601. The molecule has 1 heterocycles. The smallest absolute Gasteiger partial charge is 0.263 e. The van der Waals surface area contributed by atoms with Gasteiger partial charge in [0, 0.05) is 6.20 Å². The lowest BCUT2D eigenvalue weighted by Gasteiger charge is -2.23. The molecule has 0 aliphatic rings. The van der Waals surface area contributed by atoms with E-state index in [1.807, 2.05) is 19.1 Å². The second-order valence-corrected chi connectivity index (χ2v) is 6.05. The normalized spacial score (nSPS) is 10.4. The van der Waals surface area contributed by atoms with Crippen molar-refractivity contribution in [1.29, 1.82) is 0 Å². The molecule has 0 radical (unpaired) electrons. The van der Waals surface area contributed by atoms with E-state index in [1.165, 1.54) is 17.0 Å². The lowest BCUT2D eigenvalue weighted by atomic mass is 10.1. The number of ether oxygens (including phenoxy) is 1. The zero-order chi connectivity index (χ0) is 19.1. The van der Waals surface area contributed by atoms with E-state index in [-0.39, 0.29) is 18.3 Å². The van der Waals surface area contributed by atoms with Gasteiger partial charge in [0.2, 0.25) is 0 Å². The summed E-state index contributed by atoms with van der Waals surface area (Å²) >= 11 is 0. The molecule has 0 saturated carbocycles. The zero-order valence-electron chi connectivity index (χ0n) is 15.1. The molecule has 4 nitrogen and oxygen atoms in total. The number of aromatic nitrogens is 1. The highest BCUT2D eigenvalue weighted by molar-refractivity contribution is 6.07. The van der Waals surface area contributed by atoms with Crippen molar-refractivity contribution in [2.45, 2.75) is 19.9 Å². The Morgan fingerprint density at radius 1 is 1.07 bits per heavy atom. The second kappa shape index (κ2) is 8.94. The van der Waals surface area contributed by atoms with Crippen LogP contribution in [0.4, 0.5) is 10.2 Å². The Hall–Kier alpha value is -3.21. The van der Waals surface area contributed by atoms with Gasteiger partial charge in [0.25, 0.3) is 5.91 Å². The molecule has 1 aromatic heterocycles. The minimum absolute atomic E-state index is 0.204. The van der Waals surface area contributed by atoms with Gasteiger partial charge in [0.05, 0.1) is 18.7 Å². The number of benzene rings is 2. The van der Waals surface area contributed by atoms with Crippen molar-refractivity contribution in [3.05, 3.63) is 89.9 Å². The van der Waals surface area contributed by atoms with Gasteiger partial charge in [-0.15, -0.1) is 0 Å². The summed E-state index contributed by atoms with van der Waals surface area (Å²) in [5.74, 6) is 0.443. The number of halogens is 1. The maximum atomic E-state index is 13.6. The van der Waals surface area contributed by atoms with Crippen LogP contribution in [0.5, 0.6) is 5.75 Å². The highest BCUT2D eigenvalue weighted by atomic mass is 19.1. The molecule has 0 aliphatic heterocycles. The van der Waals surface area contributed by atoms with Gasteiger partial charge in [0.1, 0.15) is 17.4 Å². The number of nitrogens with zero attached hydrogens (tertiary/aromatic N) is 2. The average Bonchev–Trinajstić information content (AvgIpc) is 2.71. The molecule has 2 aromatic carbocycles. The van der Waals surface area contributed by atoms with Crippen LogP contribution in [0.1, 0.15) is 29.3 Å². The van der Waals surface area contributed by atoms with Gasteiger partial charge in [-0.1, -0.05) is 37.3 Å². The largest absolute Gasteiger partial charge is 0.493 e. The van der Waals surface area contributed by atoms with Crippen molar-refractivity contribution >= 4 is 11.7 Å². The Morgan fingerprint density at radius 2 is 1.89 bits per heavy atom. The molecule has 0 saturated heterocycles. The lowest BCUT2D eigenvalue weighted by Crippen LogP contribution is -2.31. The molecule has 0 atom stereocenters. The Bertz CT molecular complexity index is 900. The Labute approximate surface area is 158 Å². The Morgan fingerprint density at radius 3 is 2.63 bits per heavy atom. The first kappa shape index (κ1) is 18.6. The summed E-state index contributed by atoms with van der Waals surface area (Å²) in [5, 5.41) is 0. The summed E-state index contributed by atoms with van der Waals surface area (Å²) < 4.78 is 19.3. The van der Waals surface area contributed by atoms with E-state index < -0.39 is 0 Å². The number of hydrogen-bond acceptors (Lipinski definition) is 3. The van der Waals surface area contributed by atoms with Crippen LogP contribution in [0.2, 0.25) is 0 Å². The third kappa shape index (κ3) is 4.70. The highest BCUT2D eigenvalue weighted by Gasteiger charge is 2.22. The third-order valence-electron chi connectivity index (χ3n) is 3.98. The molecule has 138 valence electrons. The fourth-order valence-electron chi connectivity index (χ4n) is 2.71. The zero-order valence-corrected chi connectivity index (χ0v) is 15.1. The molecule has 0 bridgehead atoms. The predicted molar refractivity (Wildman–Crippen MR) is 103 cm³/mol. The monoisotopic (exact) mass is 364 g/mol. The average molecular weight is 364 g/mol. The van der Waals surface area contributed by atoms with Crippen LogP contribution in [0, 0.1) is 5.82 Å². The summed E-state index contributed by atoms with van der Waals surface area (Å²) in [4.78, 5) is 19.2. The molecule has 1 amide bonds. The number of carbonyl (C=O) groups is 1. The van der Waals surface area contributed by atoms with E-state index in [1.54, 1.807) is 48.7 Å². The van der Waals surface area contributed by atoms with Gasteiger partial charge in [0.15, 0.2) is 0 Å². The number of pyridine rings is 1. The number of anilines is 1. The van der Waals surface area contributed by atoms with Gasteiger partial charge < -0.3 is 4.74 Å². The first-order chi connectivity index (χ1) is 13.2. The molecular formula is C22H21FN2O2. The standard InChI is InChI=1S/C22H21FN2O2/c1-2-14-27-20-11-4-3-10-19(20)22(26)25(21-12-5-6-13-24-21)16-17-8-7-9-18(23)15-17/h3-13,15H,2,14,16H2,1H3. The third-order valence-corrected chi connectivity index (χ3v) is 3.98. The highest BCUT2D eigenvalue weighted by Crippen LogP contribution is 2.24. The first-order valence-corrected chi connectivity index (χ1v) is 8.88. The molecule has 5 heteroatoms. The van der Waals surface area contributed by atoms with Crippen LogP contribution in [-0.2, 0) is 6.54 Å². The summed E-state index contributed by atoms with van der Waals surface area (Å²) in [5.41, 5.74) is 1.13. The molecule has 0 aliphatic carbocycles. The van der Waals surface area contributed by atoms with Crippen molar-refractivity contribution in [2.24, 2.45) is 0 Å². The maximum absolute atomic E-state index is 13.6. The van der Waals surface area contributed by atoms with E-state index in [9.17, 15) is 9.18 Å². The first-order valence-electron chi connectivity index (χ1n) is 8.88. The number of carbonyl (C=O) groups excluding carboxylic acids is 1. The number of amides is 1. The van der Waals surface area contributed by atoms with Crippen molar-refractivity contribution in [3.63, 3.8) is 0 Å². The number of para-hydroxylation sites is 1. The van der Waals surface area contributed by atoms with E-state index in [0.29, 0.717) is 29.3 Å². The number of hydrogen-bond donors (Lipinski definition) is 0. The van der Waals surface area contributed by atoms with Crippen LogP contribution in [0.15, 0.2) is 72.9 Å². The molecule has 27 heavy (non-hydrogen) atoms. The van der Waals surface area contributed by atoms with E-state index >= 15 is 0 Å². The summed E-state index contributed by atoms with van der Waals surface area (Å²) in [6, 6.07) is 18.7. The van der Waals surface area contributed by atoms with Gasteiger partial charge in [-0.25, -0.2) is 9.37 Å². The van der Waals surface area contributed by atoms with Crippen LogP contribution in [0.25, 0.3) is 0 Å². The van der Waals surface area contributed by atoms with E-state index in [2.05, 4.69) is 4.98 Å². The van der Waals surface area contributed by atoms with Gasteiger partial charge in [-0.3, -0.25) is 9.69 Å². The van der Waals surface area contributed by atoms with Crippen LogP contribution < -0.4 is 9.64 Å². The molecule has 0 fully saturated rings. The van der Waals surface area contributed by atoms with Crippen LogP contribution in [0.3, 0.4) is 0 Å². The molecule has 0 spiro atoms. The summed E-state index contributed by atoms with van der Waals surface area (Å²) in [6.07, 6.45) is 2.47. The predicted octanol–water partition coefficient (Wildman–Crippen LogP) is 4.86. The molecule has 0 N–H and O–H groups in total. The molecule has 3 aromatic rings. The molecule has 0 unspecified atom stereocenters. The van der Waals surface area contributed by atoms with Crippen LogP contribution >= 0.6 is 0 Å². The van der Waals surface area contributed by atoms with Crippen molar-refractivity contribution in [1.82, 2.24) is 4.98 Å². The maximum Gasteiger partial charge on any atom is 0.263 e. The van der Waals surface area contributed by atoms with Gasteiger partial charge >= 0.3 is 0 Å². The summed E-state index contributed by atoms with van der Waals surface area (Å²) in [7, 11) is 0. The SMILES string of the molecule is CCCOc1ccccc1C(=O)N(Cc1cccc(F)c1)c1ccccn1. The molecular weight excluding hydrogens is 343 g/mol. The number of rotatable bonds is 7. The fourth-order valence-corrected chi connectivity index (χ4v) is 2.71. The minimum atomic E-state index is -0.340. The molecule has 3 rings (SSSR count). The van der Waals surface area contributed by atoms with E-state index in [0.717, 1.165) is 6.42 Å². The van der Waals surface area contributed by atoms with Crippen molar-refractivity contribution < 1.29 is 13.9 Å². The van der Waals surface area contributed by atoms with Gasteiger partial charge in [-0.05, 0) is 48.4 Å². The van der Waals surface area contributed by atoms with Gasteiger partial charge in [-0.2, -0.15) is 0 Å².